The largest absolute Gasteiger partial charge is 0.444 e. The van der Waals surface area contributed by atoms with Crippen molar-refractivity contribution in [3.8, 4) is 0 Å². The highest BCUT2D eigenvalue weighted by Gasteiger charge is 2.26. The molecule has 1 fully saturated rings. The number of hydrogen-bond acceptors (Lipinski definition) is 4. The molecule has 5 heteroatoms. The molecule has 1 aliphatic rings. The lowest BCUT2D eigenvalue weighted by Crippen LogP contribution is -2.47. The van der Waals surface area contributed by atoms with Crippen LogP contribution in [0.3, 0.4) is 0 Å². The van der Waals surface area contributed by atoms with Crippen LogP contribution in [0.15, 0.2) is 0 Å². The van der Waals surface area contributed by atoms with Crippen molar-refractivity contribution in [2.45, 2.75) is 45.3 Å². The molecule has 1 amide bonds. The maximum atomic E-state index is 11.8. The molecule has 0 radical (unpaired) electrons. The SMILES string of the molecule is CC(C)(C)OC(=O)N1CCC(NCCN)CC1. The number of carbonyl (C=O) groups excluding carboxylic acids is 1. The summed E-state index contributed by atoms with van der Waals surface area (Å²) in [6.45, 7) is 8.69. The van der Waals surface area contributed by atoms with E-state index in [9.17, 15) is 4.79 Å². The van der Waals surface area contributed by atoms with E-state index in [2.05, 4.69) is 5.32 Å². The van der Waals surface area contributed by atoms with Crippen LogP contribution in [-0.2, 0) is 4.74 Å². The van der Waals surface area contributed by atoms with Crippen molar-refractivity contribution in [2.24, 2.45) is 5.73 Å². The Bertz CT molecular complexity index is 243. The second-order valence-corrected chi connectivity index (χ2v) is 5.48. The van der Waals surface area contributed by atoms with Crippen LogP contribution in [-0.4, -0.2) is 48.8 Å². The molecule has 100 valence electrons. The Balaban J connectivity index is 2.29. The van der Waals surface area contributed by atoms with Gasteiger partial charge in [0.2, 0.25) is 0 Å². The number of ether oxygens (including phenoxy) is 1. The molecule has 5 nitrogen and oxygen atoms in total. The molecule has 1 saturated heterocycles. The number of hydrogen-bond donors (Lipinski definition) is 2. The Kier molecular flexibility index (Phi) is 5.21. The van der Waals surface area contributed by atoms with E-state index in [0.717, 1.165) is 32.5 Å². The van der Waals surface area contributed by atoms with E-state index in [1.807, 2.05) is 20.8 Å². The fourth-order valence-corrected chi connectivity index (χ4v) is 1.88. The highest BCUT2D eigenvalue weighted by Crippen LogP contribution is 2.15. The van der Waals surface area contributed by atoms with Gasteiger partial charge in [-0.1, -0.05) is 0 Å². The van der Waals surface area contributed by atoms with E-state index >= 15 is 0 Å². The predicted octanol–water partition coefficient (Wildman–Crippen LogP) is 0.934. The highest BCUT2D eigenvalue weighted by atomic mass is 16.6. The third-order valence-corrected chi connectivity index (χ3v) is 2.72. The van der Waals surface area contributed by atoms with E-state index in [0.29, 0.717) is 12.6 Å². The van der Waals surface area contributed by atoms with Crippen molar-refractivity contribution in [2.75, 3.05) is 26.2 Å². The average molecular weight is 243 g/mol. The van der Waals surface area contributed by atoms with Gasteiger partial charge in [-0.25, -0.2) is 4.79 Å². The van der Waals surface area contributed by atoms with Gasteiger partial charge in [0, 0.05) is 32.2 Å². The molecule has 0 bridgehead atoms. The van der Waals surface area contributed by atoms with E-state index in [-0.39, 0.29) is 6.09 Å². The molecular formula is C12H25N3O2. The summed E-state index contributed by atoms with van der Waals surface area (Å²) in [6, 6.07) is 0.484. The summed E-state index contributed by atoms with van der Waals surface area (Å²) in [5, 5.41) is 3.38. The number of carbonyl (C=O) groups is 1. The zero-order valence-electron chi connectivity index (χ0n) is 11.2. The second kappa shape index (κ2) is 6.21. The molecule has 0 aromatic carbocycles. The first-order chi connectivity index (χ1) is 7.92. The Morgan fingerprint density at radius 2 is 2.00 bits per heavy atom. The van der Waals surface area contributed by atoms with Crippen molar-refractivity contribution >= 4 is 6.09 Å². The van der Waals surface area contributed by atoms with Gasteiger partial charge in [-0.15, -0.1) is 0 Å². The minimum absolute atomic E-state index is 0.199. The maximum Gasteiger partial charge on any atom is 0.410 e. The van der Waals surface area contributed by atoms with E-state index < -0.39 is 5.60 Å². The summed E-state index contributed by atoms with van der Waals surface area (Å²) in [4.78, 5) is 13.6. The van der Waals surface area contributed by atoms with Crippen molar-refractivity contribution < 1.29 is 9.53 Å². The van der Waals surface area contributed by atoms with Crippen LogP contribution in [0.5, 0.6) is 0 Å². The lowest BCUT2D eigenvalue weighted by molar-refractivity contribution is 0.0199. The molecule has 0 unspecified atom stereocenters. The molecule has 0 aromatic heterocycles. The Hall–Kier alpha value is -0.810. The number of nitrogens with zero attached hydrogens (tertiary/aromatic N) is 1. The van der Waals surface area contributed by atoms with Crippen LogP contribution < -0.4 is 11.1 Å². The average Bonchev–Trinajstić information content (AvgIpc) is 2.24. The van der Waals surface area contributed by atoms with E-state index in [4.69, 9.17) is 10.5 Å². The summed E-state index contributed by atoms with van der Waals surface area (Å²) < 4.78 is 5.34. The maximum absolute atomic E-state index is 11.8. The summed E-state index contributed by atoms with van der Waals surface area (Å²) >= 11 is 0. The molecule has 0 atom stereocenters. The lowest BCUT2D eigenvalue weighted by Gasteiger charge is -2.33. The van der Waals surface area contributed by atoms with Crippen LogP contribution in [0.2, 0.25) is 0 Å². The first-order valence-electron chi connectivity index (χ1n) is 6.34. The van der Waals surface area contributed by atoms with Crippen LogP contribution >= 0.6 is 0 Å². The standard InChI is InChI=1S/C12H25N3O2/c1-12(2,3)17-11(16)15-8-4-10(5-9-15)14-7-6-13/h10,14H,4-9,13H2,1-3H3. The van der Waals surface area contributed by atoms with Crippen LogP contribution in [0.25, 0.3) is 0 Å². The Morgan fingerprint density at radius 1 is 1.41 bits per heavy atom. The number of likely N-dealkylation sites (tertiary alicyclic amines) is 1. The fourth-order valence-electron chi connectivity index (χ4n) is 1.88. The van der Waals surface area contributed by atoms with Gasteiger partial charge in [0.25, 0.3) is 0 Å². The number of nitrogens with two attached hydrogens (primary N) is 1. The Labute approximate surface area is 104 Å². The van der Waals surface area contributed by atoms with Crippen molar-refractivity contribution in [1.82, 2.24) is 10.2 Å². The van der Waals surface area contributed by atoms with Gasteiger partial charge in [-0.3, -0.25) is 0 Å². The first kappa shape index (κ1) is 14.3. The first-order valence-corrected chi connectivity index (χ1v) is 6.34. The summed E-state index contributed by atoms with van der Waals surface area (Å²) in [5.74, 6) is 0. The molecule has 0 aromatic rings. The van der Waals surface area contributed by atoms with Crippen LogP contribution in [0.4, 0.5) is 4.79 Å². The number of piperidine rings is 1. The molecule has 1 rings (SSSR count). The molecule has 0 spiro atoms. The molecule has 17 heavy (non-hydrogen) atoms. The smallest absolute Gasteiger partial charge is 0.410 e. The normalized spacial score (nSPS) is 18.2. The topological polar surface area (TPSA) is 67.6 Å². The lowest BCUT2D eigenvalue weighted by atomic mass is 10.1. The van der Waals surface area contributed by atoms with E-state index in [1.165, 1.54) is 0 Å². The summed E-state index contributed by atoms with van der Waals surface area (Å²) in [7, 11) is 0. The third-order valence-electron chi connectivity index (χ3n) is 2.72. The van der Waals surface area contributed by atoms with Gasteiger partial charge in [-0.2, -0.15) is 0 Å². The number of amides is 1. The zero-order valence-corrected chi connectivity index (χ0v) is 11.2. The van der Waals surface area contributed by atoms with Crippen molar-refractivity contribution in [1.29, 1.82) is 0 Å². The molecule has 0 aliphatic carbocycles. The molecule has 1 heterocycles. The summed E-state index contributed by atoms with van der Waals surface area (Å²) in [5.41, 5.74) is 5.03. The van der Waals surface area contributed by atoms with Crippen LogP contribution in [0, 0.1) is 0 Å². The van der Waals surface area contributed by atoms with Crippen molar-refractivity contribution in [3.63, 3.8) is 0 Å². The van der Waals surface area contributed by atoms with Gasteiger partial charge in [0.05, 0.1) is 0 Å². The summed E-state index contributed by atoms with van der Waals surface area (Å²) in [6.07, 6.45) is 1.74. The minimum atomic E-state index is -0.411. The minimum Gasteiger partial charge on any atom is -0.444 e. The molecule has 3 N–H and O–H groups in total. The molecule has 0 saturated carbocycles. The number of rotatable bonds is 3. The van der Waals surface area contributed by atoms with Crippen molar-refractivity contribution in [3.05, 3.63) is 0 Å². The highest BCUT2D eigenvalue weighted by molar-refractivity contribution is 5.68. The Morgan fingerprint density at radius 3 is 2.47 bits per heavy atom. The monoisotopic (exact) mass is 243 g/mol. The van der Waals surface area contributed by atoms with Gasteiger partial charge in [-0.05, 0) is 33.6 Å². The molecule has 1 aliphatic heterocycles. The molecular weight excluding hydrogens is 218 g/mol. The zero-order chi connectivity index (χ0) is 12.9. The van der Waals surface area contributed by atoms with Gasteiger partial charge < -0.3 is 20.7 Å². The number of nitrogens with one attached hydrogen (secondary N) is 1. The predicted molar refractivity (Wildman–Crippen MR) is 67.9 cm³/mol. The van der Waals surface area contributed by atoms with Gasteiger partial charge in [0.15, 0.2) is 0 Å². The third kappa shape index (κ3) is 5.37. The van der Waals surface area contributed by atoms with E-state index in [1.54, 1.807) is 4.90 Å². The quantitative estimate of drug-likeness (QED) is 0.774. The van der Waals surface area contributed by atoms with Gasteiger partial charge in [0.1, 0.15) is 5.60 Å². The van der Waals surface area contributed by atoms with Crippen LogP contribution in [0.1, 0.15) is 33.6 Å². The fraction of sp³-hybridized carbons (Fsp3) is 0.917. The van der Waals surface area contributed by atoms with Gasteiger partial charge >= 0.3 is 6.09 Å². The second-order valence-electron chi connectivity index (χ2n) is 5.48.